The smallest absolute Gasteiger partial charge is 0.137 e. The molecule has 0 radical (unpaired) electrons. The summed E-state index contributed by atoms with van der Waals surface area (Å²) >= 11 is 6.34. The molecule has 0 aromatic heterocycles. The van der Waals surface area contributed by atoms with Crippen molar-refractivity contribution in [3.63, 3.8) is 0 Å². The Kier molecular flexibility index (Phi) is 4.75. The van der Waals surface area contributed by atoms with Gasteiger partial charge in [-0.1, -0.05) is 31.0 Å². The van der Waals surface area contributed by atoms with Crippen molar-refractivity contribution in [2.24, 2.45) is 17.8 Å². The fraction of sp³-hybridized carbons (Fsp3) is 0.667. The molecule has 2 fully saturated rings. The van der Waals surface area contributed by atoms with Crippen molar-refractivity contribution in [3.05, 3.63) is 28.8 Å². The number of halogens is 1. The molecule has 3 heteroatoms. The third-order valence-electron chi connectivity index (χ3n) is 5.37. The van der Waals surface area contributed by atoms with Crippen LogP contribution in [0.4, 0.5) is 0 Å². The molecule has 2 saturated carbocycles. The van der Waals surface area contributed by atoms with Crippen molar-refractivity contribution in [2.45, 2.75) is 45.1 Å². The van der Waals surface area contributed by atoms with Gasteiger partial charge in [0.15, 0.2) is 0 Å². The topological polar surface area (TPSA) is 21.3 Å². The first-order valence-electron chi connectivity index (χ1n) is 8.29. The van der Waals surface area contributed by atoms with E-state index >= 15 is 0 Å². The number of hydrogen-bond acceptors (Lipinski definition) is 2. The van der Waals surface area contributed by atoms with Gasteiger partial charge in [0.1, 0.15) is 5.75 Å². The van der Waals surface area contributed by atoms with E-state index in [1.165, 1.54) is 37.7 Å². The van der Waals surface area contributed by atoms with Crippen molar-refractivity contribution in [1.29, 1.82) is 0 Å². The zero-order chi connectivity index (χ0) is 14.8. The number of nitrogens with one attached hydrogen (secondary N) is 1. The second-order valence-electron chi connectivity index (χ2n) is 6.66. The largest absolute Gasteiger partial charge is 0.495 e. The van der Waals surface area contributed by atoms with Gasteiger partial charge in [0.2, 0.25) is 0 Å². The van der Waals surface area contributed by atoms with Gasteiger partial charge in [-0.3, -0.25) is 0 Å². The van der Waals surface area contributed by atoms with Gasteiger partial charge in [-0.15, -0.1) is 0 Å². The quantitative estimate of drug-likeness (QED) is 0.813. The molecule has 4 unspecified atom stereocenters. The molecular weight excluding hydrogens is 282 g/mol. The van der Waals surface area contributed by atoms with Crippen LogP contribution in [-0.4, -0.2) is 13.7 Å². The lowest BCUT2D eigenvalue weighted by Gasteiger charge is -2.32. The maximum atomic E-state index is 6.34. The van der Waals surface area contributed by atoms with E-state index in [0.29, 0.717) is 6.04 Å². The molecule has 2 bridgehead atoms. The van der Waals surface area contributed by atoms with Crippen LogP contribution in [0.15, 0.2) is 18.2 Å². The molecule has 1 aromatic carbocycles. The zero-order valence-electron chi connectivity index (χ0n) is 13.1. The van der Waals surface area contributed by atoms with Crippen LogP contribution in [0.25, 0.3) is 0 Å². The zero-order valence-corrected chi connectivity index (χ0v) is 13.8. The fourth-order valence-electron chi connectivity index (χ4n) is 4.39. The van der Waals surface area contributed by atoms with E-state index in [1.807, 2.05) is 6.07 Å². The molecule has 1 aromatic rings. The first-order chi connectivity index (χ1) is 10.2. The molecule has 0 aliphatic heterocycles. The van der Waals surface area contributed by atoms with Gasteiger partial charge in [0.25, 0.3) is 0 Å². The summed E-state index contributed by atoms with van der Waals surface area (Å²) in [5.41, 5.74) is 1.33. The summed E-state index contributed by atoms with van der Waals surface area (Å²) in [5.74, 6) is 3.42. The summed E-state index contributed by atoms with van der Waals surface area (Å²) in [6.07, 6.45) is 6.87. The van der Waals surface area contributed by atoms with Crippen LogP contribution in [0, 0.1) is 17.8 Å². The van der Waals surface area contributed by atoms with E-state index in [0.717, 1.165) is 35.1 Å². The Morgan fingerprint density at radius 3 is 2.76 bits per heavy atom. The molecule has 0 saturated heterocycles. The molecular formula is C18H26ClNO. The molecule has 3 rings (SSSR count). The lowest BCUT2D eigenvalue weighted by atomic mass is 9.80. The number of benzene rings is 1. The molecule has 0 amide bonds. The molecule has 0 spiro atoms. The Morgan fingerprint density at radius 1 is 1.33 bits per heavy atom. The van der Waals surface area contributed by atoms with E-state index in [4.69, 9.17) is 16.3 Å². The van der Waals surface area contributed by atoms with Crippen LogP contribution in [0.3, 0.4) is 0 Å². The van der Waals surface area contributed by atoms with E-state index in [2.05, 4.69) is 24.4 Å². The molecule has 4 atom stereocenters. The minimum atomic E-state index is 0.448. The predicted octanol–water partition coefficient (Wildman–Crippen LogP) is 4.83. The van der Waals surface area contributed by atoms with Crippen LogP contribution >= 0.6 is 11.6 Å². The number of ether oxygens (including phenoxy) is 1. The third-order valence-corrected chi connectivity index (χ3v) is 5.67. The molecule has 116 valence electrons. The Morgan fingerprint density at radius 2 is 2.19 bits per heavy atom. The van der Waals surface area contributed by atoms with Crippen LogP contribution in [0.5, 0.6) is 5.75 Å². The van der Waals surface area contributed by atoms with Crippen molar-refractivity contribution in [2.75, 3.05) is 13.7 Å². The Bertz CT molecular complexity index is 490. The van der Waals surface area contributed by atoms with Crippen LogP contribution in [-0.2, 0) is 0 Å². The average molecular weight is 308 g/mol. The number of fused-ring (bicyclic) bond motifs is 2. The van der Waals surface area contributed by atoms with Crippen molar-refractivity contribution < 1.29 is 4.74 Å². The molecule has 21 heavy (non-hydrogen) atoms. The minimum Gasteiger partial charge on any atom is -0.495 e. The molecule has 2 aliphatic rings. The van der Waals surface area contributed by atoms with E-state index in [9.17, 15) is 0 Å². The number of methoxy groups -OCH3 is 1. The summed E-state index contributed by atoms with van der Waals surface area (Å²) in [7, 11) is 1.67. The van der Waals surface area contributed by atoms with Crippen molar-refractivity contribution >= 4 is 11.6 Å². The van der Waals surface area contributed by atoms with Crippen molar-refractivity contribution in [3.8, 4) is 5.75 Å². The van der Waals surface area contributed by atoms with Crippen LogP contribution in [0.2, 0.25) is 5.02 Å². The average Bonchev–Trinajstić information content (AvgIpc) is 3.11. The summed E-state index contributed by atoms with van der Waals surface area (Å²) in [6.45, 7) is 3.30. The first-order valence-corrected chi connectivity index (χ1v) is 8.67. The monoisotopic (exact) mass is 307 g/mol. The van der Waals surface area contributed by atoms with Gasteiger partial charge < -0.3 is 10.1 Å². The Labute approximate surface area is 133 Å². The highest BCUT2D eigenvalue weighted by atomic mass is 35.5. The maximum Gasteiger partial charge on any atom is 0.137 e. The first kappa shape index (κ1) is 15.2. The summed E-state index contributed by atoms with van der Waals surface area (Å²) in [4.78, 5) is 0. The number of rotatable bonds is 6. The lowest BCUT2D eigenvalue weighted by Crippen LogP contribution is -2.32. The fourth-order valence-corrected chi connectivity index (χ4v) is 4.66. The minimum absolute atomic E-state index is 0.448. The van der Waals surface area contributed by atoms with Crippen LogP contribution < -0.4 is 10.1 Å². The molecule has 0 heterocycles. The molecule has 2 nitrogen and oxygen atoms in total. The number of hydrogen-bond donors (Lipinski definition) is 1. The van der Waals surface area contributed by atoms with Gasteiger partial charge >= 0.3 is 0 Å². The molecule has 2 aliphatic carbocycles. The van der Waals surface area contributed by atoms with Gasteiger partial charge in [0, 0.05) is 6.04 Å². The van der Waals surface area contributed by atoms with Gasteiger partial charge in [-0.05, 0) is 67.7 Å². The van der Waals surface area contributed by atoms with Crippen LogP contribution in [0.1, 0.15) is 50.6 Å². The van der Waals surface area contributed by atoms with Gasteiger partial charge in [-0.2, -0.15) is 0 Å². The van der Waals surface area contributed by atoms with E-state index in [-0.39, 0.29) is 0 Å². The van der Waals surface area contributed by atoms with Gasteiger partial charge in [-0.25, -0.2) is 0 Å². The highest BCUT2D eigenvalue weighted by Crippen LogP contribution is 2.52. The molecule has 1 N–H and O–H groups in total. The Hall–Kier alpha value is -0.730. The highest BCUT2D eigenvalue weighted by Gasteiger charge is 2.43. The third kappa shape index (κ3) is 3.07. The standard InChI is InChI=1S/C18H26ClNO/c1-3-8-20-18(15-10-12-4-5-13(15)9-12)14-6-7-17(21-2)16(19)11-14/h6-7,11-13,15,18,20H,3-5,8-10H2,1-2H3. The normalized spacial score (nSPS) is 28.8. The van der Waals surface area contributed by atoms with Crippen molar-refractivity contribution in [1.82, 2.24) is 5.32 Å². The van der Waals surface area contributed by atoms with Gasteiger partial charge in [0.05, 0.1) is 12.1 Å². The second-order valence-corrected chi connectivity index (χ2v) is 7.07. The SMILES string of the molecule is CCCNC(c1ccc(OC)c(Cl)c1)C1CC2CCC1C2. The summed E-state index contributed by atoms with van der Waals surface area (Å²) < 4.78 is 5.28. The Balaban J connectivity index is 1.83. The predicted molar refractivity (Wildman–Crippen MR) is 88.0 cm³/mol. The van der Waals surface area contributed by atoms with E-state index < -0.39 is 0 Å². The highest BCUT2D eigenvalue weighted by molar-refractivity contribution is 6.32. The lowest BCUT2D eigenvalue weighted by molar-refractivity contribution is 0.251. The maximum absolute atomic E-state index is 6.34. The summed E-state index contributed by atoms with van der Waals surface area (Å²) in [6, 6.07) is 6.73. The second kappa shape index (κ2) is 6.58. The van der Waals surface area contributed by atoms with E-state index in [1.54, 1.807) is 7.11 Å². The summed E-state index contributed by atoms with van der Waals surface area (Å²) in [5, 5.41) is 4.50.